The van der Waals surface area contributed by atoms with E-state index in [1.54, 1.807) is 24.3 Å². The van der Waals surface area contributed by atoms with Crippen LogP contribution in [0.3, 0.4) is 0 Å². The van der Waals surface area contributed by atoms with Crippen LogP contribution in [0.15, 0.2) is 48.5 Å². The third-order valence-electron chi connectivity index (χ3n) is 4.23. The molecular weight excluding hydrogens is 332 g/mol. The number of nitrogens with two attached hydrogens (primary N) is 2. The van der Waals surface area contributed by atoms with Gasteiger partial charge in [0.15, 0.2) is 0 Å². The number of aliphatic hydroxyl groups is 3. The summed E-state index contributed by atoms with van der Waals surface area (Å²) in [5.74, 6) is 0. The number of hydrogen-bond acceptors (Lipinski definition) is 7. The van der Waals surface area contributed by atoms with Crippen LogP contribution in [0.4, 0.5) is 22.7 Å². The van der Waals surface area contributed by atoms with Crippen LogP contribution < -0.4 is 22.1 Å². The third-order valence-corrected chi connectivity index (χ3v) is 4.23. The van der Waals surface area contributed by atoms with Gasteiger partial charge in [0.1, 0.15) is 0 Å². The van der Waals surface area contributed by atoms with E-state index in [2.05, 4.69) is 10.6 Å². The standard InChI is InChI=1S/C19H28N4O3/c20-13-1-5-15(6-2-13)22-17(9-11-24)19(26)18(10-12-25)23-16-7-3-14(21)4-8-16/h1-8,17-19,22-26H,9-12,20-21H2. The van der Waals surface area contributed by atoms with Crippen molar-refractivity contribution in [3.8, 4) is 0 Å². The number of benzene rings is 2. The Balaban J connectivity index is 2.11. The SMILES string of the molecule is Nc1ccc(NC(CCO)C(O)C(CCO)Nc2ccc(N)cc2)cc1. The molecule has 7 heteroatoms. The molecule has 0 aliphatic carbocycles. The largest absolute Gasteiger partial charge is 0.399 e. The number of nitrogens with one attached hydrogen (secondary N) is 2. The quantitative estimate of drug-likeness (QED) is 0.317. The Morgan fingerprint density at radius 2 is 1.04 bits per heavy atom. The monoisotopic (exact) mass is 360 g/mol. The summed E-state index contributed by atoms with van der Waals surface area (Å²) in [6.07, 6.45) is -0.127. The van der Waals surface area contributed by atoms with Crippen molar-refractivity contribution in [2.24, 2.45) is 0 Å². The molecule has 0 fully saturated rings. The first-order valence-electron chi connectivity index (χ1n) is 8.67. The number of hydrogen-bond donors (Lipinski definition) is 7. The number of aliphatic hydroxyl groups excluding tert-OH is 3. The molecule has 2 unspecified atom stereocenters. The fourth-order valence-electron chi connectivity index (χ4n) is 2.80. The van der Waals surface area contributed by atoms with E-state index in [0.717, 1.165) is 11.4 Å². The minimum Gasteiger partial charge on any atom is -0.399 e. The maximum absolute atomic E-state index is 10.9. The van der Waals surface area contributed by atoms with Crippen LogP contribution in [0.5, 0.6) is 0 Å². The lowest BCUT2D eigenvalue weighted by atomic mass is 9.97. The molecule has 2 rings (SSSR count). The first-order valence-corrected chi connectivity index (χ1v) is 8.67. The van der Waals surface area contributed by atoms with Crippen LogP contribution in [-0.2, 0) is 0 Å². The predicted molar refractivity (Wildman–Crippen MR) is 106 cm³/mol. The van der Waals surface area contributed by atoms with Gasteiger partial charge in [-0.15, -0.1) is 0 Å². The van der Waals surface area contributed by atoms with Crippen molar-refractivity contribution >= 4 is 22.7 Å². The highest BCUT2D eigenvalue weighted by Gasteiger charge is 2.27. The Hall–Kier alpha value is -2.48. The van der Waals surface area contributed by atoms with Crippen molar-refractivity contribution in [2.45, 2.75) is 31.0 Å². The maximum Gasteiger partial charge on any atom is 0.0943 e. The predicted octanol–water partition coefficient (Wildman–Crippen LogP) is 1.24. The van der Waals surface area contributed by atoms with Gasteiger partial charge in [-0.3, -0.25) is 0 Å². The Morgan fingerprint density at radius 1 is 0.692 bits per heavy atom. The van der Waals surface area contributed by atoms with Crippen molar-refractivity contribution < 1.29 is 15.3 Å². The number of nitrogen functional groups attached to an aromatic ring is 2. The van der Waals surface area contributed by atoms with E-state index in [1.807, 2.05) is 24.3 Å². The first-order chi connectivity index (χ1) is 12.5. The average molecular weight is 360 g/mol. The van der Waals surface area contributed by atoms with Crippen molar-refractivity contribution in [1.82, 2.24) is 0 Å². The molecule has 7 nitrogen and oxygen atoms in total. The van der Waals surface area contributed by atoms with E-state index >= 15 is 0 Å². The minimum atomic E-state index is -0.843. The average Bonchev–Trinajstić information content (AvgIpc) is 2.64. The molecule has 0 saturated heterocycles. The smallest absolute Gasteiger partial charge is 0.0943 e. The fourth-order valence-corrected chi connectivity index (χ4v) is 2.80. The van der Waals surface area contributed by atoms with E-state index in [4.69, 9.17) is 11.5 Å². The van der Waals surface area contributed by atoms with Crippen LogP contribution in [0.1, 0.15) is 12.8 Å². The summed E-state index contributed by atoms with van der Waals surface area (Å²) < 4.78 is 0. The van der Waals surface area contributed by atoms with Gasteiger partial charge in [-0.05, 0) is 61.4 Å². The fraction of sp³-hybridized carbons (Fsp3) is 0.368. The number of rotatable bonds is 10. The molecule has 0 spiro atoms. The molecule has 0 aromatic heterocycles. The molecule has 9 N–H and O–H groups in total. The maximum atomic E-state index is 10.9. The van der Waals surface area contributed by atoms with E-state index in [9.17, 15) is 15.3 Å². The topological polar surface area (TPSA) is 137 Å². The van der Waals surface area contributed by atoms with Crippen LogP contribution in [0.2, 0.25) is 0 Å². The molecule has 0 saturated carbocycles. The Labute approximate surface area is 153 Å². The van der Waals surface area contributed by atoms with Gasteiger partial charge in [0.25, 0.3) is 0 Å². The van der Waals surface area contributed by atoms with Crippen LogP contribution in [0, 0.1) is 0 Å². The molecule has 2 aromatic carbocycles. The highest BCUT2D eigenvalue weighted by molar-refractivity contribution is 5.53. The molecule has 2 aromatic rings. The Kier molecular flexibility index (Phi) is 7.53. The second-order valence-corrected chi connectivity index (χ2v) is 6.26. The van der Waals surface area contributed by atoms with Crippen molar-refractivity contribution in [1.29, 1.82) is 0 Å². The van der Waals surface area contributed by atoms with Gasteiger partial charge in [0.05, 0.1) is 18.2 Å². The summed E-state index contributed by atoms with van der Waals surface area (Å²) in [7, 11) is 0. The van der Waals surface area contributed by atoms with Crippen LogP contribution in [-0.4, -0.2) is 46.7 Å². The molecule has 142 valence electrons. The summed E-state index contributed by atoms with van der Waals surface area (Å²) in [5.41, 5.74) is 14.3. The summed E-state index contributed by atoms with van der Waals surface area (Å²) >= 11 is 0. The van der Waals surface area contributed by atoms with Gasteiger partial charge >= 0.3 is 0 Å². The van der Waals surface area contributed by atoms with E-state index < -0.39 is 18.2 Å². The van der Waals surface area contributed by atoms with E-state index in [-0.39, 0.29) is 13.2 Å². The van der Waals surface area contributed by atoms with Gasteiger partial charge in [0.2, 0.25) is 0 Å². The molecular formula is C19H28N4O3. The molecule has 0 radical (unpaired) electrons. The lowest BCUT2D eigenvalue weighted by Gasteiger charge is -2.32. The summed E-state index contributed by atoms with van der Waals surface area (Å²) in [4.78, 5) is 0. The van der Waals surface area contributed by atoms with Crippen LogP contribution >= 0.6 is 0 Å². The van der Waals surface area contributed by atoms with Crippen molar-refractivity contribution in [2.75, 3.05) is 35.3 Å². The molecule has 0 aliphatic rings. The van der Waals surface area contributed by atoms with E-state index in [1.165, 1.54) is 0 Å². The van der Waals surface area contributed by atoms with Crippen molar-refractivity contribution in [3.05, 3.63) is 48.5 Å². The highest BCUT2D eigenvalue weighted by Crippen LogP contribution is 2.20. The lowest BCUT2D eigenvalue weighted by molar-refractivity contribution is 0.106. The zero-order valence-corrected chi connectivity index (χ0v) is 14.7. The number of anilines is 4. The molecule has 26 heavy (non-hydrogen) atoms. The van der Waals surface area contributed by atoms with Gasteiger partial charge in [-0.1, -0.05) is 0 Å². The minimum absolute atomic E-state index is 0.0720. The molecule has 0 aliphatic heterocycles. The molecule has 0 bridgehead atoms. The second-order valence-electron chi connectivity index (χ2n) is 6.26. The van der Waals surface area contributed by atoms with Gasteiger partial charge in [-0.2, -0.15) is 0 Å². The zero-order chi connectivity index (χ0) is 18.9. The van der Waals surface area contributed by atoms with E-state index in [0.29, 0.717) is 24.2 Å². The van der Waals surface area contributed by atoms with Crippen LogP contribution in [0.25, 0.3) is 0 Å². The molecule has 0 heterocycles. The second kappa shape index (κ2) is 9.86. The summed E-state index contributed by atoms with van der Waals surface area (Å²) in [6.45, 7) is -0.144. The summed E-state index contributed by atoms with van der Waals surface area (Å²) in [6, 6.07) is 13.5. The Morgan fingerprint density at radius 3 is 1.35 bits per heavy atom. The Bertz CT molecular complexity index is 591. The third kappa shape index (κ3) is 5.80. The lowest BCUT2D eigenvalue weighted by Crippen LogP contribution is -2.46. The van der Waals surface area contributed by atoms with Crippen molar-refractivity contribution in [3.63, 3.8) is 0 Å². The van der Waals surface area contributed by atoms with Gasteiger partial charge < -0.3 is 37.4 Å². The normalized spacial score (nSPS) is 14.4. The summed E-state index contributed by atoms with van der Waals surface area (Å²) in [5, 5.41) is 36.1. The highest BCUT2D eigenvalue weighted by atomic mass is 16.3. The molecule has 0 amide bonds. The van der Waals surface area contributed by atoms with Gasteiger partial charge in [0, 0.05) is 36.0 Å². The first kappa shape index (κ1) is 19.8. The zero-order valence-electron chi connectivity index (χ0n) is 14.7. The molecule has 2 atom stereocenters. The van der Waals surface area contributed by atoms with Gasteiger partial charge in [-0.25, -0.2) is 0 Å².